The smallest absolute Gasteiger partial charge is 0.184 e. The predicted octanol–water partition coefficient (Wildman–Crippen LogP) is 2.43. The summed E-state index contributed by atoms with van der Waals surface area (Å²) in [5.74, 6) is 1.46. The normalized spacial score (nSPS) is 11.1. The predicted molar refractivity (Wildman–Crippen MR) is 85.5 cm³/mol. The van der Waals surface area contributed by atoms with Crippen molar-refractivity contribution in [1.29, 1.82) is 0 Å². The van der Waals surface area contributed by atoms with Crippen molar-refractivity contribution in [3.05, 3.63) is 23.8 Å². The second kappa shape index (κ2) is 7.69. The molecule has 6 heteroatoms. The molecule has 20 heavy (non-hydrogen) atoms. The molecule has 3 N–H and O–H groups in total. The summed E-state index contributed by atoms with van der Waals surface area (Å²) >= 11 is 4.68. The van der Waals surface area contributed by atoms with Crippen LogP contribution >= 0.6 is 12.2 Å². The highest BCUT2D eigenvalue weighted by atomic mass is 32.1. The van der Waals surface area contributed by atoms with Crippen molar-refractivity contribution >= 4 is 23.5 Å². The highest BCUT2D eigenvalue weighted by Gasteiger charge is 2.05. The maximum atomic E-state index is 5.69. The fourth-order valence-electron chi connectivity index (χ4n) is 1.52. The number of ether oxygens (including phenoxy) is 2. The molecule has 0 fully saturated rings. The summed E-state index contributed by atoms with van der Waals surface area (Å²) in [4.78, 5) is 0. The molecular formula is C14H21N3O2S. The standard InChI is InChI=1S/C14H21N3O2S/c1-9(2)18-12-5-11(8-16-17-14(15)20)6-13(7-12)19-10(3)4/h5-10H,1-4H3,(H3,15,17,20). The van der Waals surface area contributed by atoms with E-state index in [1.165, 1.54) is 0 Å². The van der Waals surface area contributed by atoms with E-state index in [9.17, 15) is 0 Å². The van der Waals surface area contributed by atoms with E-state index in [-0.39, 0.29) is 17.3 Å². The fraction of sp³-hybridized carbons (Fsp3) is 0.429. The summed E-state index contributed by atoms with van der Waals surface area (Å²) in [7, 11) is 0. The lowest BCUT2D eigenvalue weighted by Crippen LogP contribution is -2.24. The van der Waals surface area contributed by atoms with E-state index in [1.54, 1.807) is 6.21 Å². The van der Waals surface area contributed by atoms with Crippen molar-refractivity contribution in [2.75, 3.05) is 0 Å². The minimum atomic E-state index is 0.0869. The Balaban J connectivity index is 2.96. The van der Waals surface area contributed by atoms with Gasteiger partial charge in [0.05, 0.1) is 18.4 Å². The molecule has 0 atom stereocenters. The van der Waals surface area contributed by atoms with Gasteiger partial charge in [0.2, 0.25) is 0 Å². The van der Waals surface area contributed by atoms with Crippen LogP contribution in [0.2, 0.25) is 0 Å². The lowest BCUT2D eigenvalue weighted by atomic mass is 10.2. The van der Waals surface area contributed by atoms with Crippen LogP contribution < -0.4 is 20.6 Å². The van der Waals surface area contributed by atoms with Crippen LogP contribution in [0.4, 0.5) is 0 Å². The molecule has 0 spiro atoms. The third-order valence-corrected chi connectivity index (χ3v) is 2.13. The lowest BCUT2D eigenvalue weighted by molar-refractivity contribution is 0.229. The number of nitrogens with zero attached hydrogens (tertiary/aromatic N) is 1. The van der Waals surface area contributed by atoms with Crippen LogP contribution in [-0.2, 0) is 0 Å². The molecule has 0 unspecified atom stereocenters. The number of nitrogens with two attached hydrogens (primary N) is 1. The summed E-state index contributed by atoms with van der Waals surface area (Å²) in [6.45, 7) is 7.88. The molecule has 0 amide bonds. The van der Waals surface area contributed by atoms with Gasteiger partial charge in [-0.1, -0.05) is 0 Å². The number of thiocarbonyl (C=S) groups is 1. The molecule has 5 nitrogen and oxygen atoms in total. The van der Waals surface area contributed by atoms with Crippen LogP contribution in [-0.4, -0.2) is 23.5 Å². The Morgan fingerprint density at radius 1 is 1.15 bits per heavy atom. The van der Waals surface area contributed by atoms with Gasteiger partial charge in [0.1, 0.15) is 11.5 Å². The van der Waals surface area contributed by atoms with Crippen molar-refractivity contribution in [3.8, 4) is 11.5 Å². The highest BCUT2D eigenvalue weighted by Crippen LogP contribution is 2.24. The van der Waals surface area contributed by atoms with Crippen molar-refractivity contribution in [1.82, 2.24) is 5.43 Å². The number of nitrogens with one attached hydrogen (secondary N) is 1. The minimum Gasteiger partial charge on any atom is -0.491 e. The molecular weight excluding hydrogens is 274 g/mol. The highest BCUT2D eigenvalue weighted by molar-refractivity contribution is 7.80. The van der Waals surface area contributed by atoms with Crippen molar-refractivity contribution in [2.24, 2.45) is 10.8 Å². The Kier molecular flexibility index (Phi) is 6.24. The Morgan fingerprint density at radius 3 is 2.05 bits per heavy atom. The quantitative estimate of drug-likeness (QED) is 0.479. The zero-order valence-electron chi connectivity index (χ0n) is 12.2. The Bertz CT molecular complexity index is 459. The van der Waals surface area contributed by atoms with Gasteiger partial charge in [-0.3, -0.25) is 5.43 Å². The first-order chi connectivity index (χ1) is 9.36. The number of hydrogen-bond acceptors (Lipinski definition) is 4. The molecule has 0 aliphatic carbocycles. The van der Waals surface area contributed by atoms with Crippen LogP contribution in [0.3, 0.4) is 0 Å². The van der Waals surface area contributed by atoms with Crippen LogP contribution in [0.1, 0.15) is 33.3 Å². The van der Waals surface area contributed by atoms with Crippen LogP contribution in [0.15, 0.2) is 23.3 Å². The van der Waals surface area contributed by atoms with E-state index in [4.69, 9.17) is 15.2 Å². The molecule has 1 rings (SSSR count). The van der Waals surface area contributed by atoms with Gasteiger partial charge in [-0.25, -0.2) is 0 Å². The maximum absolute atomic E-state index is 5.69. The molecule has 0 aliphatic rings. The van der Waals surface area contributed by atoms with Crippen molar-refractivity contribution in [3.63, 3.8) is 0 Å². The van der Waals surface area contributed by atoms with E-state index in [0.717, 1.165) is 17.1 Å². The summed E-state index contributed by atoms with van der Waals surface area (Å²) in [6, 6.07) is 5.61. The van der Waals surface area contributed by atoms with Gasteiger partial charge in [0, 0.05) is 11.6 Å². The zero-order chi connectivity index (χ0) is 15.1. The average molecular weight is 295 g/mol. The monoisotopic (exact) mass is 295 g/mol. The molecule has 110 valence electrons. The summed E-state index contributed by atoms with van der Waals surface area (Å²) in [5.41, 5.74) is 8.65. The SMILES string of the molecule is CC(C)Oc1cc(C=NNC(N)=S)cc(OC(C)C)c1. The van der Waals surface area contributed by atoms with Crippen LogP contribution in [0.5, 0.6) is 11.5 Å². The first-order valence-electron chi connectivity index (χ1n) is 6.43. The molecule has 0 saturated carbocycles. The van der Waals surface area contributed by atoms with E-state index in [0.29, 0.717) is 0 Å². The number of rotatable bonds is 6. The molecule has 1 aromatic rings. The molecule has 0 heterocycles. The first kappa shape index (κ1) is 16.2. The van der Waals surface area contributed by atoms with Gasteiger partial charge in [-0.05, 0) is 52.0 Å². The van der Waals surface area contributed by atoms with Gasteiger partial charge < -0.3 is 15.2 Å². The third kappa shape index (κ3) is 6.38. The number of hydrogen-bond donors (Lipinski definition) is 2. The Labute approximate surface area is 125 Å². The molecule has 0 aromatic heterocycles. The zero-order valence-corrected chi connectivity index (χ0v) is 13.0. The topological polar surface area (TPSA) is 68.9 Å². The van der Waals surface area contributed by atoms with Gasteiger partial charge >= 0.3 is 0 Å². The van der Waals surface area contributed by atoms with Gasteiger partial charge in [-0.15, -0.1) is 0 Å². The van der Waals surface area contributed by atoms with Crippen LogP contribution in [0.25, 0.3) is 0 Å². The molecule has 0 aliphatic heterocycles. The maximum Gasteiger partial charge on any atom is 0.184 e. The number of hydrazone groups is 1. The van der Waals surface area contributed by atoms with Crippen molar-refractivity contribution in [2.45, 2.75) is 39.9 Å². The summed E-state index contributed by atoms with van der Waals surface area (Å²) in [5, 5.41) is 4.05. The Morgan fingerprint density at radius 2 is 1.65 bits per heavy atom. The molecule has 1 aromatic carbocycles. The van der Waals surface area contributed by atoms with Crippen molar-refractivity contribution < 1.29 is 9.47 Å². The fourth-order valence-corrected chi connectivity index (χ4v) is 1.57. The third-order valence-electron chi connectivity index (χ3n) is 2.03. The number of benzene rings is 1. The first-order valence-corrected chi connectivity index (χ1v) is 6.84. The Hall–Kier alpha value is -1.82. The largest absolute Gasteiger partial charge is 0.491 e. The van der Waals surface area contributed by atoms with Gasteiger partial charge in [0.25, 0.3) is 0 Å². The molecule has 0 bridgehead atoms. The minimum absolute atomic E-state index is 0.0869. The van der Waals surface area contributed by atoms with E-state index >= 15 is 0 Å². The van der Waals surface area contributed by atoms with Gasteiger partial charge in [-0.2, -0.15) is 5.10 Å². The second-order valence-electron chi connectivity index (χ2n) is 4.81. The molecule has 0 saturated heterocycles. The van der Waals surface area contributed by atoms with E-state index in [1.807, 2.05) is 45.9 Å². The van der Waals surface area contributed by atoms with E-state index < -0.39 is 0 Å². The summed E-state index contributed by atoms with van der Waals surface area (Å²) < 4.78 is 11.4. The van der Waals surface area contributed by atoms with Crippen LogP contribution in [0, 0.1) is 0 Å². The molecule has 0 radical (unpaired) electrons. The van der Waals surface area contributed by atoms with E-state index in [2.05, 4.69) is 22.7 Å². The lowest BCUT2D eigenvalue weighted by Gasteiger charge is -2.14. The van der Waals surface area contributed by atoms with Gasteiger partial charge in [0.15, 0.2) is 5.11 Å². The second-order valence-corrected chi connectivity index (χ2v) is 5.25. The summed E-state index contributed by atoms with van der Waals surface area (Å²) in [6.07, 6.45) is 1.78. The average Bonchev–Trinajstić information content (AvgIpc) is 2.25.